The number of alkyl halides is 16. The predicted molar refractivity (Wildman–Crippen MR) is 50.9 cm³/mol. The molecular weight excluding hydrogens is 424 g/mol. The van der Waals surface area contributed by atoms with Gasteiger partial charge in [-0.2, -0.15) is 57.1 Å². The van der Waals surface area contributed by atoms with Gasteiger partial charge in [0.05, 0.1) is 0 Å². The van der Waals surface area contributed by atoms with E-state index in [1.165, 1.54) is 0 Å². The Morgan fingerprint density at radius 3 is 1.00 bits per heavy atom. The summed E-state index contributed by atoms with van der Waals surface area (Å²) in [5, 5.41) is 0. The van der Waals surface area contributed by atoms with E-state index in [0.29, 0.717) is 0 Å². The molecule has 1 atom stereocenters. The van der Waals surface area contributed by atoms with Gasteiger partial charge in [-0.25, -0.2) is 13.2 Å². The Labute approximate surface area is 133 Å². The molecule has 0 N–H and O–H groups in total. The molecule has 26 heavy (non-hydrogen) atoms. The van der Waals surface area contributed by atoms with E-state index in [-0.39, 0.29) is 6.92 Å². The van der Waals surface area contributed by atoms with E-state index in [1.54, 1.807) is 0 Å². The fraction of sp³-hybridized carbons (Fsp3) is 1.00. The zero-order chi connectivity index (χ0) is 21.8. The second-order valence-electron chi connectivity index (χ2n) is 4.89. The Morgan fingerprint density at radius 2 is 0.769 bits per heavy atom. The largest absolute Gasteiger partial charge is 0.460 e. The number of rotatable bonds is 7. The molecule has 0 rings (SSSR count). The fourth-order valence-corrected chi connectivity index (χ4v) is 1.54. The van der Waals surface area contributed by atoms with E-state index in [0.717, 1.165) is 0 Å². The summed E-state index contributed by atoms with van der Waals surface area (Å²) >= 11 is 0. The van der Waals surface area contributed by atoms with Crippen LogP contribution in [0.15, 0.2) is 0 Å². The van der Waals surface area contributed by atoms with Gasteiger partial charge in [-0.1, -0.05) is 6.92 Å². The topological polar surface area (TPSA) is 0 Å². The Balaban J connectivity index is 6.60. The van der Waals surface area contributed by atoms with Crippen LogP contribution in [0.2, 0.25) is 0 Å². The van der Waals surface area contributed by atoms with Crippen molar-refractivity contribution in [2.45, 2.75) is 61.2 Å². The third-order valence-electron chi connectivity index (χ3n) is 3.32. The third-order valence-corrected chi connectivity index (χ3v) is 3.32. The van der Waals surface area contributed by atoms with Crippen molar-refractivity contribution in [3.05, 3.63) is 0 Å². The third kappa shape index (κ3) is 2.86. The van der Waals surface area contributed by atoms with Gasteiger partial charge in [0.1, 0.15) is 0 Å². The Hall–Kier alpha value is -1.12. The smallest absolute Gasteiger partial charge is 0.231 e. The summed E-state index contributed by atoms with van der Waals surface area (Å²) < 4.78 is 203. The van der Waals surface area contributed by atoms with Crippen molar-refractivity contribution in [1.29, 1.82) is 0 Å². The number of halogens is 16. The van der Waals surface area contributed by atoms with Crippen LogP contribution in [0.25, 0.3) is 0 Å². The van der Waals surface area contributed by atoms with Crippen molar-refractivity contribution in [2.24, 2.45) is 0 Å². The molecule has 0 aliphatic heterocycles. The van der Waals surface area contributed by atoms with E-state index in [2.05, 4.69) is 0 Å². The molecule has 0 radical (unpaired) electrons. The lowest BCUT2D eigenvalue weighted by molar-refractivity contribution is -0.449. The molecule has 158 valence electrons. The first-order valence-electron chi connectivity index (χ1n) is 5.93. The molecule has 0 spiro atoms. The van der Waals surface area contributed by atoms with Crippen LogP contribution in [0, 0.1) is 0 Å². The fourth-order valence-electron chi connectivity index (χ4n) is 1.54. The maximum absolute atomic E-state index is 13.4. The average molecular weight is 430 g/mol. The van der Waals surface area contributed by atoms with Crippen LogP contribution in [0.1, 0.15) is 13.3 Å². The number of hydrogen-bond donors (Lipinski definition) is 0. The van der Waals surface area contributed by atoms with Crippen LogP contribution in [0.4, 0.5) is 70.2 Å². The highest BCUT2D eigenvalue weighted by molar-refractivity contribution is 5.15. The van der Waals surface area contributed by atoms with Crippen LogP contribution in [-0.4, -0.2) is 47.9 Å². The van der Waals surface area contributed by atoms with Crippen LogP contribution in [-0.2, 0) is 0 Å². The molecule has 0 aliphatic rings. The van der Waals surface area contributed by atoms with Crippen molar-refractivity contribution < 1.29 is 70.2 Å². The van der Waals surface area contributed by atoms with Gasteiger partial charge in [-0.05, 0) is 6.42 Å². The summed E-state index contributed by atoms with van der Waals surface area (Å²) in [6.45, 7) is -0.0449. The molecule has 16 heteroatoms. The minimum Gasteiger partial charge on any atom is -0.231 e. The quantitative estimate of drug-likeness (QED) is 0.428. The van der Waals surface area contributed by atoms with Gasteiger partial charge in [0.15, 0.2) is 0 Å². The average Bonchev–Trinajstić information content (AvgIpc) is 2.43. The van der Waals surface area contributed by atoms with Crippen LogP contribution >= 0.6 is 0 Å². The van der Waals surface area contributed by atoms with E-state index >= 15 is 0 Å². The predicted octanol–water partition coefficient (Wildman–Crippen LogP) is 6.11. The van der Waals surface area contributed by atoms with Gasteiger partial charge < -0.3 is 0 Å². The van der Waals surface area contributed by atoms with Gasteiger partial charge in [0.2, 0.25) is 5.67 Å². The van der Waals surface area contributed by atoms with Crippen molar-refractivity contribution in [3.8, 4) is 0 Å². The van der Waals surface area contributed by atoms with Crippen molar-refractivity contribution in [2.75, 3.05) is 0 Å². The first-order chi connectivity index (χ1) is 11.0. The van der Waals surface area contributed by atoms with Crippen molar-refractivity contribution in [1.82, 2.24) is 0 Å². The lowest BCUT2D eigenvalue weighted by Crippen LogP contribution is -2.73. The Kier molecular flexibility index (Phi) is 5.94. The molecule has 0 fully saturated rings. The summed E-state index contributed by atoms with van der Waals surface area (Å²) in [6.07, 6.45) is -15.3. The zero-order valence-electron chi connectivity index (χ0n) is 11.8. The minimum atomic E-state index is -8.30. The first kappa shape index (κ1) is 24.9. The highest BCUT2D eigenvalue weighted by atomic mass is 19.4. The second-order valence-corrected chi connectivity index (χ2v) is 4.89. The SMILES string of the molecule is CCC(F)(C(F)F)C(F)(F)C(F)(F)C(F)(F)C(F)(F)C(F)(F)C(F)(F)F. The zero-order valence-corrected chi connectivity index (χ0v) is 11.8. The maximum Gasteiger partial charge on any atom is 0.460 e. The van der Waals surface area contributed by atoms with Crippen molar-refractivity contribution >= 4 is 0 Å². The molecular formula is C10H6F16. The molecule has 0 saturated heterocycles. The molecule has 0 aromatic heterocycles. The van der Waals surface area contributed by atoms with E-state index in [1.807, 2.05) is 0 Å². The normalized spacial score (nSPS) is 18.2. The standard InChI is InChI=1S/C10H6F16/c1-2-4(13,3(11)12)5(14,15)6(16,17)7(18,19)8(20,21)9(22,23)10(24,25)26/h3H,2H2,1H3. The molecule has 1 unspecified atom stereocenters. The van der Waals surface area contributed by atoms with Gasteiger partial charge in [-0.3, -0.25) is 0 Å². The molecule has 0 saturated carbocycles. The summed E-state index contributed by atoms with van der Waals surface area (Å²) in [6, 6.07) is 0. The highest BCUT2D eigenvalue weighted by Crippen LogP contribution is 2.63. The van der Waals surface area contributed by atoms with Gasteiger partial charge in [0, 0.05) is 0 Å². The van der Waals surface area contributed by atoms with E-state index in [4.69, 9.17) is 0 Å². The molecule has 0 aromatic rings. The molecule has 0 amide bonds. The molecule has 0 nitrogen and oxygen atoms in total. The van der Waals surface area contributed by atoms with E-state index < -0.39 is 54.3 Å². The van der Waals surface area contributed by atoms with Gasteiger partial charge in [-0.15, -0.1) is 0 Å². The Bertz CT molecular complexity index is 475. The summed E-state index contributed by atoms with van der Waals surface area (Å²) in [5.74, 6) is -40.1. The van der Waals surface area contributed by atoms with E-state index in [9.17, 15) is 70.2 Å². The summed E-state index contributed by atoms with van der Waals surface area (Å²) in [4.78, 5) is 0. The van der Waals surface area contributed by atoms with Crippen LogP contribution < -0.4 is 0 Å². The summed E-state index contributed by atoms with van der Waals surface area (Å²) in [5.41, 5.74) is -5.95. The Morgan fingerprint density at radius 1 is 0.500 bits per heavy atom. The minimum absolute atomic E-state index is 0.0449. The lowest BCUT2D eigenvalue weighted by atomic mass is 9.84. The molecule has 0 aromatic carbocycles. The lowest BCUT2D eigenvalue weighted by Gasteiger charge is -2.43. The molecule has 0 heterocycles. The van der Waals surface area contributed by atoms with Crippen LogP contribution in [0.5, 0.6) is 0 Å². The molecule has 0 bridgehead atoms. The summed E-state index contributed by atoms with van der Waals surface area (Å²) in [7, 11) is 0. The van der Waals surface area contributed by atoms with Gasteiger partial charge >= 0.3 is 35.8 Å². The van der Waals surface area contributed by atoms with Gasteiger partial charge in [0.25, 0.3) is 6.43 Å². The number of hydrogen-bond acceptors (Lipinski definition) is 0. The monoisotopic (exact) mass is 430 g/mol. The maximum atomic E-state index is 13.4. The molecule has 0 aliphatic carbocycles. The van der Waals surface area contributed by atoms with Crippen LogP contribution in [0.3, 0.4) is 0 Å². The highest BCUT2D eigenvalue weighted by Gasteiger charge is 2.93. The first-order valence-corrected chi connectivity index (χ1v) is 5.93. The second kappa shape index (κ2) is 6.21. The van der Waals surface area contributed by atoms with Crippen molar-refractivity contribution in [3.63, 3.8) is 0 Å².